The molecule has 0 unspecified atom stereocenters. The smallest absolute Gasteiger partial charge is 0.0274 e. The minimum atomic E-state index is -0.139. The van der Waals surface area contributed by atoms with Crippen LogP contribution in [0.4, 0.5) is 0 Å². The van der Waals surface area contributed by atoms with Gasteiger partial charge in [-0.2, -0.15) is 0 Å². The minimum absolute atomic E-state index is 0.139. The molecule has 0 aromatic carbocycles. The van der Waals surface area contributed by atoms with E-state index in [0.29, 0.717) is 0 Å². The molecule has 0 heterocycles. The maximum absolute atomic E-state index is 3.00. The van der Waals surface area contributed by atoms with E-state index in [9.17, 15) is 0 Å². The summed E-state index contributed by atoms with van der Waals surface area (Å²) in [5, 5.41) is 0. The van der Waals surface area contributed by atoms with E-state index in [-0.39, 0.29) is 8.80 Å². The summed E-state index contributed by atoms with van der Waals surface area (Å²) >= 11 is 0. The average Bonchev–Trinajstić information content (AvgIpc) is 1.41. The highest BCUT2D eigenvalue weighted by Crippen LogP contribution is 1.68. The fourth-order valence-corrected chi connectivity index (χ4v) is 0. The molecule has 0 radical (unpaired) electrons. The SMILES string of the molecule is C=C.C[SiH](C)C. The fraction of sp³-hybridized carbons (Fsp3) is 0.600. The van der Waals surface area contributed by atoms with Crippen molar-refractivity contribution in [1.29, 1.82) is 0 Å². The van der Waals surface area contributed by atoms with Crippen LogP contribution in [0.2, 0.25) is 19.6 Å². The monoisotopic (exact) mass is 102 g/mol. The maximum Gasteiger partial charge on any atom is 0.0274 e. The lowest BCUT2D eigenvalue weighted by molar-refractivity contribution is 1.91. The Hall–Kier alpha value is -0.0431. The fourth-order valence-electron chi connectivity index (χ4n) is 0. The first-order chi connectivity index (χ1) is 2.73. The van der Waals surface area contributed by atoms with Crippen molar-refractivity contribution in [2.24, 2.45) is 0 Å². The second-order valence-electron chi connectivity index (χ2n) is 1.73. The molecule has 0 aromatic heterocycles. The predicted molar refractivity (Wildman–Crippen MR) is 36.0 cm³/mol. The lowest BCUT2D eigenvalue weighted by atomic mass is 11.3. The first kappa shape index (κ1) is 9.35. The van der Waals surface area contributed by atoms with E-state index < -0.39 is 0 Å². The molecule has 0 atom stereocenters. The molecule has 0 aliphatic rings. The van der Waals surface area contributed by atoms with Crippen molar-refractivity contribution < 1.29 is 0 Å². The third kappa shape index (κ3) is 18600. The Morgan fingerprint density at radius 3 is 1.00 bits per heavy atom. The van der Waals surface area contributed by atoms with Crippen molar-refractivity contribution in [2.45, 2.75) is 19.6 Å². The van der Waals surface area contributed by atoms with Gasteiger partial charge in [-0.3, -0.25) is 0 Å². The summed E-state index contributed by atoms with van der Waals surface area (Å²) in [6, 6.07) is 0. The van der Waals surface area contributed by atoms with Gasteiger partial charge in [0.2, 0.25) is 0 Å². The highest BCUT2D eigenvalue weighted by molar-refractivity contribution is 6.54. The van der Waals surface area contributed by atoms with Crippen LogP contribution in [-0.4, -0.2) is 8.80 Å². The summed E-state index contributed by atoms with van der Waals surface area (Å²) in [6.07, 6.45) is 0. The third-order valence-electron chi connectivity index (χ3n) is 0. The molecule has 0 saturated carbocycles. The molecule has 6 heavy (non-hydrogen) atoms. The summed E-state index contributed by atoms with van der Waals surface area (Å²) in [5.41, 5.74) is 0. The lowest BCUT2D eigenvalue weighted by Gasteiger charge is -1.75. The van der Waals surface area contributed by atoms with Crippen LogP contribution in [0.5, 0.6) is 0 Å². The summed E-state index contributed by atoms with van der Waals surface area (Å²) in [5.74, 6) is 0. The Labute approximate surface area is 42.5 Å². The van der Waals surface area contributed by atoms with Crippen LogP contribution in [0.1, 0.15) is 0 Å². The van der Waals surface area contributed by atoms with Gasteiger partial charge in [-0.15, -0.1) is 13.2 Å². The Bertz CT molecular complexity index is 15.1. The van der Waals surface area contributed by atoms with E-state index in [1.54, 1.807) is 0 Å². The molecule has 0 amide bonds. The Morgan fingerprint density at radius 1 is 1.00 bits per heavy atom. The van der Waals surface area contributed by atoms with E-state index in [2.05, 4.69) is 32.8 Å². The van der Waals surface area contributed by atoms with Gasteiger partial charge in [0, 0.05) is 8.80 Å². The van der Waals surface area contributed by atoms with Gasteiger partial charge >= 0.3 is 0 Å². The van der Waals surface area contributed by atoms with Crippen LogP contribution < -0.4 is 0 Å². The van der Waals surface area contributed by atoms with Gasteiger partial charge in [-0.05, 0) is 0 Å². The number of hydrogen-bond acceptors (Lipinski definition) is 0. The zero-order valence-corrected chi connectivity index (χ0v) is 6.15. The summed E-state index contributed by atoms with van der Waals surface area (Å²) in [6.45, 7) is 12.9. The topological polar surface area (TPSA) is 0 Å². The van der Waals surface area contributed by atoms with Crippen molar-refractivity contribution in [2.75, 3.05) is 0 Å². The normalized spacial score (nSPS) is 6.67. The molecule has 0 aliphatic carbocycles. The van der Waals surface area contributed by atoms with Crippen molar-refractivity contribution in [3.8, 4) is 0 Å². The Balaban J connectivity index is 0. The molecule has 0 bridgehead atoms. The van der Waals surface area contributed by atoms with Gasteiger partial charge in [0.15, 0.2) is 0 Å². The molecule has 1 heteroatoms. The third-order valence-corrected chi connectivity index (χ3v) is 0. The summed E-state index contributed by atoms with van der Waals surface area (Å²) < 4.78 is 0. The van der Waals surface area contributed by atoms with Crippen molar-refractivity contribution in [1.82, 2.24) is 0 Å². The van der Waals surface area contributed by atoms with Crippen LogP contribution in [0.3, 0.4) is 0 Å². The zero-order chi connectivity index (χ0) is 5.58. The number of hydrogen-bond donors (Lipinski definition) is 0. The van der Waals surface area contributed by atoms with Crippen LogP contribution >= 0.6 is 0 Å². The van der Waals surface area contributed by atoms with Gasteiger partial charge in [0.25, 0.3) is 0 Å². The average molecular weight is 102 g/mol. The molecule has 0 saturated heterocycles. The largest absolute Gasteiger partial charge is 0.106 e. The molecule has 0 rings (SSSR count). The van der Waals surface area contributed by atoms with Gasteiger partial charge < -0.3 is 0 Å². The standard InChI is InChI=1S/C3H10Si.C2H4/c1-4(2)3;1-2/h4H,1-3H3;1-2H2. The minimum Gasteiger partial charge on any atom is -0.106 e. The van der Waals surface area contributed by atoms with Crippen molar-refractivity contribution in [3.63, 3.8) is 0 Å². The van der Waals surface area contributed by atoms with Gasteiger partial charge in [0.05, 0.1) is 0 Å². The van der Waals surface area contributed by atoms with Crippen molar-refractivity contribution in [3.05, 3.63) is 13.2 Å². The van der Waals surface area contributed by atoms with Crippen LogP contribution in [0.15, 0.2) is 13.2 Å². The second kappa shape index (κ2) is 8.88. The van der Waals surface area contributed by atoms with E-state index in [0.717, 1.165) is 0 Å². The van der Waals surface area contributed by atoms with E-state index >= 15 is 0 Å². The molecule has 0 aromatic rings. The lowest BCUT2D eigenvalue weighted by Crippen LogP contribution is -1.84. The van der Waals surface area contributed by atoms with Crippen LogP contribution in [-0.2, 0) is 0 Å². The quantitative estimate of drug-likeness (QED) is 0.324. The van der Waals surface area contributed by atoms with E-state index in [4.69, 9.17) is 0 Å². The Kier molecular flexibility index (Phi) is 13.8. The zero-order valence-electron chi connectivity index (χ0n) is 4.99. The van der Waals surface area contributed by atoms with Crippen LogP contribution in [0, 0.1) is 0 Å². The highest BCUT2D eigenvalue weighted by Gasteiger charge is 1.71. The molecular weight excluding hydrogens is 88.1 g/mol. The summed E-state index contributed by atoms with van der Waals surface area (Å²) in [7, 11) is -0.139. The first-order valence-corrected chi connectivity index (χ1v) is 5.70. The Morgan fingerprint density at radius 2 is 1.00 bits per heavy atom. The molecule has 0 fully saturated rings. The van der Waals surface area contributed by atoms with Gasteiger partial charge in [-0.1, -0.05) is 19.6 Å². The van der Waals surface area contributed by atoms with Crippen LogP contribution in [0.25, 0.3) is 0 Å². The molecular formula is C5H14Si. The van der Waals surface area contributed by atoms with E-state index in [1.807, 2.05) is 0 Å². The van der Waals surface area contributed by atoms with Gasteiger partial charge in [-0.25, -0.2) is 0 Å². The molecule has 38 valence electrons. The highest BCUT2D eigenvalue weighted by atomic mass is 28.3. The molecule has 0 N–H and O–H groups in total. The first-order valence-electron chi connectivity index (χ1n) is 2.23. The number of rotatable bonds is 0. The van der Waals surface area contributed by atoms with Crippen molar-refractivity contribution >= 4 is 8.80 Å². The summed E-state index contributed by atoms with van der Waals surface area (Å²) in [4.78, 5) is 0. The maximum atomic E-state index is 3.00. The molecule has 0 nitrogen and oxygen atoms in total. The van der Waals surface area contributed by atoms with Gasteiger partial charge in [0.1, 0.15) is 0 Å². The molecule has 0 aliphatic heterocycles. The second-order valence-corrected chi connectivity index (χ2v) is 5.20. The predicted octanol–water partition coefficient (Wildman–Crippen LogP) is 1.91. The molecule has 0 spiro atoms. The van der Waals surface area contributed by atoms with E-state index in [1.165, 1.54) is 0 Å².